The van der Waals surface area contributed by atoms with Gasteiger partial charge in [0, 0.05) is 22.7 Å². The Hall–Kier alpha value is -3.75. The number of nitrogens with one attached hydrogen (secondary N) is 1. The van der Waals surface area contributed by atoms with Crippen LogP contribution in [0.4, 0.5) is 13.2 Å². The molecule has 0 bridgehead atoms. The Morgan fingerprint density at radius 1 is 1.19 bits per heavy atom. The third-order valence-corrected chi connectivity index (χ3v) is 4.80. The first-order valence-corrected chi connectivity index (χ1v) is 9.29. The topological polar surface area (TPSA) is 88.4 Å². The van der Waals surface area contributed by atoms with Gasteiger partial charge < -0.3 is 19.2 Å². The molecule has 9 heteroatoms. The summed E-state index contributed by atoms with van der Waals surface area (Å²) in [5.41, 5.74) is 1.68. The molecule has 0 radical (unpaired) electrons. The van der Waals surface area contributed by atoms with Crippen molar-refractivity contribution in [3.8, 4) is 17.2 Å². The summed E-state index contributed by atoms with van der Waals surface area (Å²) in [6.07, 6.45) is -2.87. The Kier molecular flexibility index (Phi) is 5.18. The number of carboxylic acid groups (broad SMARTS) is 1. The van der Waals surface area contributed by atoms with Crippen molar-refractivity contribution >= 4 is 16.9 Å². The molecule has 0 unspecified atom stereocenters. The van der Waals surface area contributed by atoms with Crippen molar-refractivity contribution in [3.05, 3.63) is 71.2 Å². The number of benzene rings is 2. The van der Waals surface area contributed by atoms with E-state index >= 15 is 0 Å². The van der Waals surface area contributed by atoms with Crippen molar-refractivity contribution in [2.24, 2.45) is 0 Å². The molecule has 0 aliphatic carbocycles. The monoisotopic (exact) mass is 430 g/mol. The molecule has 0 saturated carbocycles. The Bertz CT molecular complexity index is 1240. The van der Waals surface area contributed by atoms with Gasteiger partial charge in [-0.15, -0.1) is 0 Å². The average molecular weight is 430 g/mol. The Labute approximate surface area is 174 Å². The number of halogens is 3. The second-order valence-corrected chi connectivity index (χ2v) is 6.98. The van der Waals surface area contributed by atoms with E-state index in [-0.39, 0.29) is 18.9 Å². The van der Waals surface area contributed by atoms with Gasteiger partial charge in [0.2, 0.25) is 5.89 Å². The van der Waals surface area contributed by atoms with Crippen molar-refractivity contribution in [2.45, 2.75) is 26.1 Å². The molecule has 160 valence electrons. The lowest BCUT2D eigenvalue weighted by Crippen LogP contribution is -2.03. The van der Waals surface area contributed by atoms with E-state index in [1.54, 1.807) is 31.3 Å². The number of hydrogen-bond acceptors (Lipinski definition) is 4. The molecule has 0 aliphatic rings. The summed E-state index contributed by atoms with van der Waals surface area (Å²) in [5, 5.41) is 9.78. The number of nitrogens with zero attached hydrogens (tertiary/aromatic N) is 1. The zero-order chi connectivity index (χ0) is 22.2. The van der Waals surface area contributed by atoms with Gasteiger partial charge in [-0.3, -0.25) is 4.79 Å². The molecule has 6 nitrogen and oxygen atoms in total. The third-order valence-electron chi connectivity index (χ3n) is 4.80. The van der Waals surface area contributed by atoms with Gasteiger partial charge in [0.15, 0.2) is 5.76 Å². The Morgan fingerprint density at radius 3 is 2.61 bits per heavy atom. The third kappa shape index (κ3) is 4.40. The maximum absolute atomic E-state index is 12.7. The number of fused-ring (bicyclic) bond motifs is 1. The van der Waals surface area contributed by atoms with Gasteiger partial charge in [0.05, 0.1) is 17.7 Å². The van der Waals surface area contributed by atoms with Crippen molar-refractivity contribution in [2.75, 3.05) is 0 Å². The standard InChI is InChI=1S/C22H17F3N2O4/c1-12-19(31-21(27-12)13-2-4-15(5-3-13)22(23,24)25)11-30-16-6-7-18-17(9-16)14(10-26-18)8-20(28)29/h2-7,9-10,26H,8,11H2,1H3,(H,28,29). The van der Waals surface area contributed by atoms with Gasteiger partial charge in [-0.2, -0.15) is 13.2 Å². The largest absolute Gasteiger partial charge is 0.486 e. The van der Waals surface area contributed by atoms with Crippen LogP contribution in [0, 0.1) is 6.92 Å². The van der Waals surface area contributed by atoms with E-state index in [9.17, 15) is 18.0 Å². The van der Waals surface area contributed by atoms with Gasteiger partial charge >= 0.3 is 12.1 Å². The number of aryl methyl sites for hydroxylation is 1. The summed E-state index contributed by atoms with van der Waals surface area (Å²) in [6.45, 7) is 1.78. The highest BCUT2D eigenvalue weighted by molar-refractivity contribution is 5.88. The molecular weight excluding hydrogens is 413 g/mol. The number of carbonyl (C=O) groups is 1. The van der Waals surface area contributed by atoms with Crippen LogP contribution in [0.15, 0.2) is 53.1 Å². The molecule has 0 spiro atoms. The highest BCUT2D eigenvalue weighted by Crippen LogP contribution is 2.31. The zero-order valence-corrected chi connectivity index (χ0v) is 16.3. The number of hydrogen-bond donors (Lipinski definition) is 2. The van der Waals surface area contributed by atoms with Crippen molar-refractivity contribution in [1.29, 1.82) is 0 Å². The number of rotatable bonds is 6. The van der Waals surface area contributed by atoms with Crippen LogP contribution in [0.2, 0.25) is 0 Å². The molecule has 0 fully saturated rings. The highest BCUT2D eigenvalue weighted by Gasteiger charge is 2.30. The SMILES string of the molecule is Cc1nc(-c2ccc(C(F)(F)F)cc2)oc1COc1ccc2[nH]cc(CC(=O)O)c2c1. The first kappa shape index (κ1) is 20.5. The zero-order valence-electron chi connectivity index (χ0n) is 16.3. The second-order valence-electron chi connectivity index (χ2n) is 6.98. The fraction of sp³-hybridized carbons (Fsp3) is 0.182. The first-order chi connectivity index (χ1) is 14.7. The number of carboxylic acids is 1. The van der Waals surface area contributed by atoms with Gasteiger partial charge in [0.1, 0.15) is 12.4 Å². The summed E-state index contributed by atoms with van der Waals surface area (Å²) in [6, 6.07) is 9.85. The molecule has 2 heterocycles. The molecule has 2 aromatic carbocycles. The molecule has 4 rings (SSSR count). The lowest BCUT2D eigenvalue weighted by atomic mass is 10.1. The smallest absolute Gasteiger partial charge is 0.416 e. The van der Waals surface area contributed by atoms with Crippen LogP contribution in [-0.2, 0) is 24.0 Å². The molecular formula is C22H17F3N2O4. The van der Waals surface area contributed by atoms with E-state index < -0.39 is 17.7 Å². The van der Waals surface area contributed by atoms with E-state index in [0.717, 1.165) is 23.0 Å². The number of aliphatic carboxylic acids is 1. The van der Waals surface area contributed by atoms with Crippen LogP contribution in [0.3, 0.4) is 0 Å². The average Bonchev–Trinajstić information content (AvgIpc) is 3.28. The van der Waals surface area contributed by atoms with Crippen LogP contribution < -0.4 is 4.74 Å². The van der Waals surface area contributed by atoms with Crippen LogP contribution in [-0.4, -0.2) is 21.0 Å². The van der Waals surface area contributed by atoms with Crippen molar-refractivity contribution in [3.63, 3.8) is 0 Å². The van der Waals surface area contributed by atoms with Crippen LogP contribution >= 0.6 is 0 Å². The fourth-order valence-corrected chi connectivity index (χ4v) is 3.19. The van der Waals surface area contributed by atoms with Crippen LogP contribution in [0.5, 0.6) is 5.75 Å². The Morgan fingerprint density at radius 2 is 1.94 bits per heavy atom. The van der Waals surface area contributed by atoms with Crippen LogP contribution in [0.25, 0.3) is 22.4 Å². The summed E-state index contributed by atoms with van der Waals surface area (Å²) in [4.78, 5) is 18.3. The number of H-pyrrole nitrogens is 1. The summed E-state index contributed by atoms with van der Waals surface area (Å²) < 4.78 is 49.7. The van der Waals surface area contributed by atoms with Crippen molar-refractivity contribution in [1.82, 2.24) is 9.97 Å². The van der Waals surface area contributed by atoms with E-state index in [4.69, 9.17) is 14.3 Å². The van der Waals surface area contributed by atoms with Gasteiger partial charge in [0.25, 0.3) is 0 Å². The maximum Gasteiger partial charge on any atom is 0.416 e. The second kappa shape index (κ2) is 7.82. The minimum atomic E-state index is -4.41. The van der Waals surface area contributed by atoms with Gasteiger partial charge in [-0.1, -0.05) is 0 Å². The first-order valence-electron chi connectivity index (χ1n) is 9.29. The normalized spacial score (nSPS) is 11.7. The lowest BCUT2D eigenvalue weighted by Gasteiger charge is -2.06. The number of aromatic nitrogens is 2. The van der Waals surface area contributed by atoms with E-state index in [1.165, 1.54) is 12.1 Å². The minimum Gasteiger partial charge on any atom is -0.486 e. The van der Waals surface area contributed by atoms with Gasteiger partial charge in [-0.25, -0.2) is 4.98 Å². The number of ether oxygens (including phenoxy) is 1. The minimum absolute atomic E-state index is 0.0592. The molecule has 0 saturated heterocycles. The molecule has 0 atom stereocenters. The van der Waals surface area contributed by atoms with E-state index in [0.29, 0.717) is 28.3 Å². The summed E-state index contributed by atoms with van der Waals surface area (Å²) in [7, 11) is 0. The predicted octanol–water partition coefficient (Wildman–Crippen LogP) is 5.36. The molecule has 31 heavy (non-hydrogen) atoms. The quantitative estimate of drug-likeness (QED) is 0.430. The molecule has 0 aliphatic heterocycles. The molecule has 4 aromatic rings. The van der Waals surface area contributed by atoms with E-state index in [2.05, 4.69) is 9.97 Å². The van der Waals surface area contributed by atoms with E-state index in [1.807, 2.05) is 0 Å². The molecule has 2 aromatic heterocycles. The molecule has 0 amide bonds. The van der Waals surface area contributed by atoms with Crippen LogP contribution in [0.1, 0.15) is 22.6 Å². The highest BCUT2D eigenvalue weighted by atomic mass is 19.4. The Balaban J connectivity index is 1.51. The molecule has 2 N–H and O–H groups in total. The fourth-order valence-electron chi connectivity index (χ4n) is 3.19. The van der Waals surface area contributed by atoms with Crippen molar-refractivity contribution < 1.29 is 32.2 Å². The lowest BCUT2D eigenvalue weighted by molar-refractivity contribution is -0.138. The summed E-state index contributed by atoms with van der Waals surface area (Å²) in [5.74, 6) is 0.232. The summed E-state index contributed by atoms with van der Waals surface area (Å²) >= 11 is 0. The predicted molar refractivity (Wildman–Crippen MR) is 106 cm³/mol. The number of oxazole rings is 1. The number of aromatic amines is 1. The maximum atomic E-state index is 12.7. The van der Waals surface area contributed by atoms with Gasteiger partial charge in [-0.05, 0) is 55.0 Å². The number of alkyl halides is 3.